The summed E-state index contributed by atoms with van der Waals surface area (Å²) in [4.78, 5) is 11.7. The maximum atomic E-state index is 11.7. The van der Waals surface area contributed by atoms with E-state index in [-0.39, 0.29) is 4.90 Å². The van der Waals surface area contributed by atoms with Crippen molar-refractivity contribution in [2.45, 2.75) is 82.2 Å². The number of carbonyl (C=O) groups is 1. The number of aromatic nitrogens is 3. The minimum atomic E-state index is -3.73. The molecule has 31 heavy (non-hydrogen) atoms. The van der Waals surface area contributed by atoms with Crippen LogP contribution in [0.1, 0.15) is 76.4 Å². The summed E-state index contributed by atoms with van der Waals surface area (Å²) in [5.74, 6) is -0.911. The fourth-order valence-electron chi connectivity index (χ4n) is 3.34. The van der Waals surface area contributed by atoms with Crippen molar-refractivity contribution in [2.24, 2.45) is 5.14 Å². The third-order valence-corrected chi connectivity index (χ3v) is 6.08. The highest BCUT2D eigenvalue weighted by Crippen LogP contribution is 2.18. The maximum Gasteiger partial charge on any atom is 0.328 e. The Bertz CT molecular complexity index is 912. The standard InChI is InChI=1S/C21H33N5O4S/c1-2-3-4-5-6-7-8-9-10-20(21(27)28)26-16-18(24-25-26)15-23-17-11-13-19(14-12-17)31(22,29)30/h11-14,16,20,23H,2-10,15H2,1H3,(H,27,28)(H2,22,29,30). The van der Waals surface area contributed by atoms with Crippen molar-refractivity contribution >= 4 is 21.7 Å². The Labute approximate surface area is 184 Å². The van der Waals surface area contributed by atoms with Crippen molar-refractivity contribution in [1.29, 1.82) is 0 Å². The molecule has 0 aliphatic carbocycles. The molecule has 4 N–H and O–H groups in total. The molecule has 2 rings (SSSR count). The predicted molar refractivity (Wildman–Crippen MR) is 119 cm³/mol. The lowest BCUT2D eigenvalue weighted by Gasteiger charge is -2.12. The molecule has 172 valence electrons. The van der Waals surface area contributed by atoms with E-state index in [0.29, 0.717) is 24.3 Å². The molecule has 0 aliphatic rings. The number of rotatable bonds is 15. The van der Waals surface area contributed by atoms with Gasteiger partial charge in [0, 0.05) is 5.69 Å². The Hall–Kier alpha value is -2.46. The lowest BCUT2D eigenvalue weighted by Crippen LogP contribution is -2.19. The number of unbranched alkanes of at least 4 members (excludes halogenated alkanes) is 7. The monoisotopic (exact) mass is 451 g/mol. The number of nitrogens with one attached hydrogen (secondary N) is 1. The van der Waals surface area contributed by atoms with E-state index in [1.54, 1.807) is 18.3 Å². The molecule has 10 heteroatoms. The average molecular weight is 452 g/mol. The number of anilines is 1. The number of aliphatic carboxylic acids is 1. The number of nitrogens with two attached hydrogens (primary N) is 1. The Balaban J connectivity index is 1.80. The minimum absolute atomic E-state index is 0.0363. The molecule has 1 heterocycles. The van der Waals surface area contributed by atoms with Gasteiger partial charge in [-0.2, -0.15) is 0 Å². The van der Waals surface area contributed by atoms with Gasteiger partial charge in [-0.25, -0.2) is 23.0 Å². The number of hydrogen-bond acceptors (Lipinski definition) is 6. The van der Waals surface area contributed by atoms with E-state index in [2.05, 4.69) is 22.6 Å². The Morgan fingerprint density at radius 2 is 1.71 bits per heavy atom. The summed E-state index contributed by atoms with van der Waals surface area (Å²) in [6, 6.07) is 5.31. The normalized spacial score (nSPS) is 12.6. The van der Waals surface area contributed by atoms with Gasteiger partial charge in [-0.1, -0.05) is 63.5 Å². The Kier molecular flexibility index (Phi) is 9.93. The Morgan fingerprint density at radius 3 is 2.29 bits per heavy atom. The van der Waals surface area contributed by atoms with Crippen molar-refractivity contribution in [2.75, 3.05) is 5.32 Å². The van der Waals surface area contributed by atoms with Gasteiger partial charge in [0.25, 0.3) is 0 Å². The molecule has 0 spiro atoms. The van der Waals surface area contributed by atoms with Crippen LogP contribution in [0.5, 0.6) is 0 Å². The number of primary sulfonamides is 1. The summed E-state index contributed by atoms with van der Waals surface area (Å²) in [7, 11) is -3.73. The zero-order chi connectivity index (χ0) is 22.7. The molecule has 0 radical (unpaired) electrons. The Morgan fingerprint density at radius 1 is 1.10 bits per heavy atom. The second-order valence-corrected chi connectivity index (χ2v) is 9.29. The second kappa shape index (κ2) is 12.4. The van der Waals surface area contributed by atoms with E-state index in [1.807, 2.05) is 0 Å². The molecule has 0 saturated heterocycles. The number of benzene rings is 1. The van der Waals surface area contributed by atoms with Gasteiger partial charge in [0.05, 0.1) is 17.6 Å². The molecule has 0 bridgehead atoms. The van der Waals surface area contributed by atoms with Gasteiger partial charge in [-0.3, -0.25) is 0 Å². The number of carboxylic acids is 1. The zero-order valence-corrected chi connectivity index (χ0v) is 18.9. The van der Waals surface area contributed by atoms with Gasteiger partial charge >= 0.3 is 5.97 Å². The van der Waals surface area contributed by atoms with E-state index in [0.717, 1.165) is 19.3 Å². The smallest absolute Gasteiger partial charge is 0.328 e. The molecule has 0 amide bonds. The summed E-state index contributed by atoms with van der Waals surface area (Å²) in [5.41, 5.74) is 1.29. The van der Waals surface area contributed by atoms with Crippen LogP contribution >= 0.6 is 0 Å². The molecular formula is C21H33N5O4S. The van der Waals surface area contributed by atoms with Gasteiger partial charge < -0.3 is 10.4 Å². The first-order chi connectivity index (χ1) is 14.8. The summed E-state index contributed by atoms with van der Waals surface area (Å²) in [6.07, 6.45) is 11.4. The molecule has 1 atom stereocenters. The molecule has 1 aromatic heterocycles. The van der Waals surface area contributed by atoms with E-state index in [9.17, 15) is 18.3 Å². The van der Waals surface area contributed by atoms with Crippen molar-refractivity contribution in [3.8, 4) is 0 Å². The maximum absolute atomic E-state index is 11.7. The van der Waals surface area contributed by atoms with Crippen LogP contribution in [0.15, 0.2) is 35.4 Å². The van der Waals surface area contributed by atoms with Crippen molar-refractivity contribution in [3.63, 3.8) is 0 Å². The van der Waals surface area contributed by atoms with Crippen molar-refractivity contribution in [1.82, 2.24) is 15.0 Å². The van der Waals surface area contributed by atoms with Gasteiger partial charge in [0.15, 0.2) is 6.04 Å². The molecule has 0 saturated carbocycles. The van der Waals surface area contributed by atoms with Crippen LogP contribution in [-0.4, -0.2) is 34.5 Å². The topological polar surface area (TPSA) is 140 Å². The summed E-state index contributed by atoms with van der Waals surface area (Å²) < 4.78 is 24.0. The van der Waals surface area contributed by atoms with Crippen LogP contribution in [-0.2, 0) is 21.4 Å². The summed E-state index contributed by atoms with van der Waals surface area (Å²) in [5, 5.41) is 25.8. The molecule has 2 aromatic rings. The molecule has 1 aromatic carbocycles. The van der Waals surface area contributed by atoms with Gasteiger partial charge in [0.2, 0.25) is 10.0 Å². The molecule has 0 fully saturated rings. The fourth-order valence-corrected chi connectivity index (χ4v) is 3.86. The van der Waals surface area contributed by atoms with E-state index in [4.69, 9.17) is 5.14 Å². The number of sulfonamides is 1. The van der Waals surface area contributed by atoms with E-state index < -0.39 is 22.0 Å². The van der Waals surface area contributed by atoms with Gasteiger partial charge in [-0.15, -0.1) is 5.10 Å². The molecule has 1 unspecified atom stereocenters. The summed E-state index contributed by atoms with van der Waals surface area (Å²) in [6.45, 7) is 2.53. The number of carboxylic acid groups (broad SMARTS) is 1. The van der Waals surface area contributed by atoms with Crippen LogP contribution in [0.3, 0.4) is 0 Å². The van der Waals surface area contributed by atoms with Crippen molar-refractivity contribution in [3.05, 3.63) is 36.2 Å². The lowest BCUT2D eigenvalue weighted by molar-refractivity contribution is -0.141. The number of hydrogen-bond donors (Lipinski definition) is 3. The lowest BCUT2D eigenvalue weighted by atomic mass is 10.0. The molecule has 0 aliphatic heterocycles. The first-order valence-corrected chi connectivity index (χ1v) is 12.4. The SMILES string of the molecule is CCCCCCCCCCC(C(=O)O)n1cc(CNc2ccc(S(N)(=O)=O)cc2)nn1. The third kappa shape index (κ3) is 8.66. The van der Waals surface area contributed by atoms with E-state index in [1.165, 1.54) is 48.9 Å². The average Bonchev–Trinajstić information content (AvgIpc) is 3.19. The highest BCUT2D eigenvalue weighted by Gasteiger charge is 2.20. The van der Waals surface area contributed by atoms with Crippen LogP contribution < -0.4 is 10.5 Å². The second-order valence-electron chi connectivity index (χ2n) is 7.73. The minimum Gasteiger partial charge on any atom is -0.480 e. The highest BCUT2D eigenvalue weighted by atomic mass is 32.2. The van der Waals surface area contributed by atoms with Crippen LogP contribution in [0.4, 0.5) is 5.69 Å². The quantitative estimate of drug-likeness (QED) is 0.351. The van der Waals surface area contributed by atoms with Crippen molar-refractivity contribution < 1.29 is 18.3 Å². The largest absolute Gasteiger partial charge is 0.480 e. The first-order valence-electron chi connectivity index (χ1n) is 10.8. The van der Waals surface area contributed by atoms with E-state index >= 15 is 0 Å². The first kappa shape index (κ1) is 24.8. The van der Waals surface area contributed by atoms with Crippen LogP contribution in [0, 0.1) is 0 Å². The summed E-state index contributed by atoms with van der Waals surface area (Å²) >= 11 is 0. The zero-order valence-electron chi connectivity index (χ0n) is 18.0. The highest BCUT2D eigenvalue weighted by molar-refractivity contribution is 7.89. The fraction of sp³-hybridized carbons (Fsp3) is 0.571. The number of nitrogens with zero attached hydrogens (tertiary/aromatic N) is 3. The third-order valence-electron chi connectivity index (χ3n) is 5.15. The molecular weight excluding hydrogens is 418 g/mol. The molecule has 9 nitrogen and oxygen atoms in total. The predicted octanol–water partition coefficient (Wildman–Crippen LogP) is 3.69. The van der Waals surface area contributed by atoms with Gasteiger partial charge in [0.1, 0.15) is 5.69 Å². The van der Waals surface area contributed by atoms with Crippen LogP contribution in [0.2, 0.25) is 0 Å². The van der Waals surface area contributed by atoms with Crippen LogP contribution in [0.25, 0.3) is 0 Å². The van der Waals surface area contributed by atoms with Gasteiger partial charge in [-0.05, 0) is 30.7 Å².